The second kappa shape index (κ2) is 5.73. The largest absolute Gasteiger partial charge is 0.481 e. The van der Waals surface area contributed by atoms with Crippen molar-refractivity contribution in [1.29, 1.82) is 0 Å². The summed E-state index contributed by atoms with van der Waals surface area (Å²) < 4.78 is 13.1. The van der Waals surface area contributed by atoms with Crippen LogP contribution >= 0.6 is 11.3 Å². The normalized spacial score (nSPS) is 10.5. The van der Waals surface area contributed by atoms with E-state index in [-0.39, 0.29) is 12.2 Å². The van der Waals surface area contributed by atoms with Crippen molar-refractivity contribution < 1.29 is 14.3 Å². The number of carbonyl (C=O) groups is 1. The molecule has 0 unspecified atom stereocenters. The van der Waals surface area contributed by atoms with Gasteiger partial charge in [-0.05, 0) is 25.0 Å². The van der Waals surface area contributed by atoms with Crippen molar-refractivity contribution in [1.82, 2.24) is 4.98 Å². The summed E-state index contributed by atoms with van der Waals surface area (Å²) in [7, 11) is 0. The first-order chi connectivity index (χ1) is 8.65. The zero-order chi connectivity index (χ0) is 13.0. The van der Waals surface area contributed by atoms with E-state index in [0.29, 0.717) is 12.8 Å². The molecule has 1 aromatic carbocycles. The van der Waals surface area contributed by atoms with Crippen LogP contribution in [-0.4, -0.2) is 16.1 Å². The molecule has 1 aromatic heterocycles. The predicted molar refractivity (Wildman–Crippen MR) is 68.1 cm³/mol. The summed E-state index contributed by atoms with van der Waals surface area (Å²) in [5, 5.41) is 11.2. The third-order valence-electron chi connectivity index (χ3n) is 2.45. The van der Waals surface area contributed by atoms with E-state index in [1.807, 2.05) is 11.4 Å². The number of halogens is 1. The van der Waals surface area contributed by atoms with Crippen molar-refractivity contribution >= 4 is 17.3 Å². The second-order valence-electron chi connectivity index (χ2n) is 3.90. The molecular formula is C13H12FNO2S. The van der Waals surface area contributed by atoms with Crippen molar-refractivity contribution in [3.05, 3.63) is 41.2 Å². The molecule has 0 saturated carbocycles. The van der Waals surface area contributed by atoms with Crippen LogP contribution in [0.3, 0.4) is 0 Å². The molecule has 0 saturated heterocycles. The van der Waals surface area contributed by atoms with E-state index < -0.39 is 5.97 Å². The number of hydrogen-bond donors (Lipinski definition) is 1. The van der Waals surface area contributed by atoms with E-state index in [1.54, 1.807) is 6.07 Å². The van der Waals surface area contributed by atoms with Crippen LogP contribution in [0.1, 0.15) is 18.5 Å². The molecule has 2 rings (SSSR count). The standard InChI is InChI=1S/C13H12FNO2S/c14-10-4-1-3-9(7-10)13-15-11(8-18-13)5-2-6-12(16)17/h1,3-4,7-8H,2,5-6H2,(H,16,17). The molecule has 0 spiro atoms. The Morgan fingerprint density at radius 3 is 3.00 bits per heavy atom. The molecule has 18 heavy (non-hydrogen) atoms. The molecule has 0 bridgehead atoms. The van der Waals surface area contributed by atoms with E-state index in [4.69, 9.17) is 5.11 Å². The zero-order valence-corrected chi connectivity index (χ0v) is 10.4. The number of benzene rings is 1. The highest BCUT2D eigenvalue weighted by Gasteiger charge is 2.06. The average molecular weight is 265 g/mol. The van der Waals surface area contributed by atoms with Crippen molar-refractivity contribution in [2.75, 3.05) is 0 Å². The summed E-state index contributed by atoms with van der Waals surface area (Å²) in [5.74, 6) is -1.08. The zero-order valence-electron chi connectivity index (χ0n) is 9.60. The summed E-state index contributed by atoms with van der Waals surface area (Å²) in [6, 6.07) is 6.30. The molecule has 1 heterocycles. The van der Waals surface area contributed by atoms with Gasteiger partial charge < -0.3 is 5.11 Å². The van der Waals surface area contributed by atoms with Crippen LogP contribution in [0.15, 0.2) is 29.6 Å². The summed E-state index contributed by atoms with van der Waals surface area (Å²) in [6.07, 6.45) is 1.35. The fourth-order valence-electron chi connectivity index (χ4n) is 1.60. The molecule has 0 radical (unpaired) electrons. The number of hydrogen-bond acceptors (Lipinski definition) is 3. The van der Waals surface area contributed by atoms with Gasteiger partial charge in [0.05, 0.1) is 5.69 Å². The van der Waals surface area contributed by atoms with Crippen LogP contribution in [0.5, 0.6) is 0 Å². The first kappa shape index (κ1) is 12.7. The molecule has 2 aromatic rings. The molecule has 0 aliphatic carbocycles. The molecule has 0 amide bonds. The van der Waals surface area contributed by atoms with Gasteiger partial charge in [0.1, 0.15) is 10.8 Å². The van der Waals surface area contributed by atoms with Gasteiger partial charge in [-0.15, -0.1) is 11.3 Å². The number of nitrogens with zero attached hydrogens (tertiary/aromatic N) is 1. The Morgan fingerprint density at radius 2 is 2.28 bits per heavy atom. The lowest BCUT2D eigenvalue weighted by atomic mass is 10.2. The number of thiazole rings is 1. The fraction of sp³-hybridized carbons (Fsp3) is 0.231. The summed E-state index contributed by atoms with van der Waals surface area (Å²) >= 11 is 1.44. The highest BCUT2D eigenvalue weighted by atomic mass is 32.1. The summed E-state index contributed by atoms with van der Waals surface area (Å²) in [5.41, 5.74) is 1.62. The minimum Gasteiger partial charge on any atom is -0.481 e. The molecule has 94 valence electrons. The Morgan fingerprint density at radius 1 is 1.44 bits per heavy atom. The van der Waals surface area contributed by atoms with E-state index in [2.05, 4.69) is 4.98 Å². The number of rotatable bonds is 5. The van der Waals surface area contributed by atoms with Gasteiger partial charge in [-0.3, -0.25) is 4.79 Å². The molecule has 5 heteroatoms. The van der Waals surface area contributed by atoms with Crippen LogP contribution in [0.25, 0.3) is 10.6 Å². The third-order valence-corrected chi connectivity index (χ3v) is 3.39. The van der Waals surface area contributed by atoms with Gasteiger partial charge in [0.2, 0.25) is 0 Å². The molecule has 0 aliphatic heterocycles. The average Bonchev–Trinajstić information content (AvgIpc) is 2.77. The van der Waals surface area contributed by atoms with Crippen LogP contribution in [0.4, 0.5) is 4.39 Å². The van der Waals surface area contributed by atoms with Gasteiger partial charge in [-0.1, -0.05) is 12.1 Å². The lowest BCUT2D eigenvalue weighted by molar-refractivity contribution is -0.137. The third kappa shape index (κ3) is 3.37. The molecule has 3 nitrogen and oxygen atoms in total. The van der Waals surface area contributed by atoms with Crippen LogP contribution in [-0.2, 0) is 11.2 Å². The quantitative estimate of drug-likeness (QED) is 0.901. The Balaban J connectivity index is 2.04. The smallest absolute Gasteiger partial charge is 0.303 e. The number of aryl methyl sites for hydroxylation is 1. The Hall–Kier alpha value is -1.75. The SMILES string of the molecule is O=C(O)CCCc1csc(-c2cccc(F)c2)n1. The van der Waals surface area contributed by atoms with Crippen molar-refractivity contribution in [3.63, 3.8) is 0 Å². The van der Waals surface area contributed by atoms with Crippen molar-refractivity contribution in [3.8, 4) is 10.6 Å². The van der Waals surface area contributed by atoms with Crippen molar-refractivity contribution in [2.45, 2.75) is 19.3 Å². The lowest BCUT2D eigenvalue weighted by Crippen LogP contribution is -1.95. The Kier molecular flexibility index (Phi) is 4.04. The minimum absolute atomic E-state index is 0.146. The van der Waals surface area contributed by atoms with Crippen LogP contribution < -0.4 is 0 Å². The molecular weight excluding hydrogens is 253 g/mol. The highest BCUT2D eigenvalue weighted by molar-refractivity contribution is 7.13. The molecule has 0 atom stereocenters. The maximum atomic E-state index is 13.1. The Bertz CT molecular complexity index is 553. The molecule has 1 N–H and O–H groups in total. The van der Waals surface area contributed by atoms with Gasteiger partial charge >= 0.3 is 5.97 Å². The summed E-state index contributed by atoms with van der Waals surface area (Å²) in [6.45, 7) is 0. The minimum atomic E-state index is -0.796. The van der Waals surface area contributed by atoms with E-state index >= 15 is 0 Å². The lowest BCUT2D eigenvalue weighted by Gasteiger charge is -1.96. The van der Waals surface area contributed by atoms with Gasteiger partial charge in [-0.25, -0.2) is 9.37 Å². The van der Waals surface area contributed by atoms with E-state index in [0.717, 1.165) is 16.3 Å². The fourth-order valence-corrected chi connectivity index (χ4v) is 2.45. The molecule has 0 fully saturated rings. The maximum absolute atomic E-state index is 13.1. The van der Waals surface area contributed by atoms with Gasteiger partial charge in [0, 0.05) is 17.4 Å². The summed E-state index contributed by atoms with van der Waals surface area (Å²) in [4.78, 5) is 14.8. The maximum Gasteiger partial charge on any atom is 0.303 e. The first-order valence-corrected chi connectivity index (χ1v) is 6.45. The first-order valence-electron chi connectivity index (χ1n) is 5.57. The number of aliphatic carboxylic acids is 1. The number of aromatic nitrogens is 1. The van der Waals surface area contributed by atoms with Gasteiger partial charge in [-0.2, -0.15) is 0 Å². The molecule has 0 aliphatic rings. The van der Waals surface area contributed by atoms with Crippen LogP contribution in [0, 0.1) is 5.82 Å². The van der Waals surface area contributed by atoms with Gasteiger partial charge in [0.25, 0.3) is 0 Å². The second-order valence-corrected chi connectivity index (χ2v) is 4.76. The van der Waals surface area contributed by atoms with Crippen LogP contribution in [0.2, 0.25) is 0 Å². The van der Waals surface area contributed by atoms with Gasteiger partial charge in [0.15, 0.2) is 0 Å². The monoisotopic (exact) mass is 265 g/mol. The topological polar surface area (TPSA) is 50.2 Å². The van der Waals surface area contributed by atoms with E-state index in [9.17, 15) is 9.18 Å². The predicted octanol–water partition coefficient (Wildman–Crippen LogP) is 3.36. The highest BCUT2D eigenvalue weighted by Crippen LogP contribution is 2.24. The Labute approximate surface area is 108 Å². The van der Waals surface area contributed by atoms with E-state index in [1.165, 1.54) is 23.5 Å². The number of carboxylic acid groups (broad SMARTS) is 1. The van der Waals surface area contributed by atoms with Crippen molar-refractivity contribution in [2.24, 2.45) is 0 Å². The number of carboxylic acids is 1.